The molecule has 3 aromatic rings. The van der Waals surface area contributed by atoms with Gasteiger partial charge in [-0.25, -0.2) is 0 Å². The minimum atomic E-state index is -0.611. The van der Waals surface area contributed by atoms with E-state index in [2.05, 4.69) is 0 Å². The lowest BCUT2D eigenvalue weighted by Gasteiger charge is -2.17. The van der Waals surface area contributed by atoms with Crippen molar-refractivity contribution in [2.24, 2.45) is 0 Å². The van der Waals surface area contributed by atoms with Crippen molar-refractivity contribution in [2.75, 3.05) is 20.3 Å². The minimum Gasteiger partial charge on any atom is -0.493 e. The van der Waals surface area contributed by atoms with Gasteiger partial charge in [0, 0.05) is 6.54 Å². The predicted molar refractivity (Wildman–Crippen MR) is 130 cm³/mol. The van der Waals surface area contributed by atoms with E-state index in [-0.39, 0.29) is 18.4 Å². The molecule has 6 heteroatoms. The Balaban J connectivity index is 1.48. The lowest BCUT2D eigenvalue weighted by molar-refractivity contribution is -0.136. The smallest absolute Gasteiger partial charge is 0.262 e. The van der Waals surface area contributed by atoms with Crippen LogP contribution in [0.15, 0.2) is 78.9 Å². The Kier molecular flexibility index (Phi) is 7.09. The predicted octanol–water partition coefficient (Wildman–Crippen LogP) is 4.50. The summed E-state index contributed by atoms with van der Waals surface area (Å²) in [6, 6.07) is 23.8. The third kappa shape index (κ3) is 4.72. The molecule has 1 atom stereocenters. The molecule has 1 aliphatic rings. The number of aliphatic hydroxyl groups is 1. The Morgan fingerprint density at radius 2 is 1.38 bits per heavy atom. The highest BCUT2D eigenvalue weighted by molar-refractivity contribution is 6.48. The molecule has 0 fully saturated rings. The summed E-state index contributed by atoms with van der Waals surface area (Å²) in [6.07, 6.45) is -0.150. The lowest BCUT2D eigenvalue weighted by atomic mass is 9.96. The van der Waals surface area contributed by atoms with E-state index < -0.39 is 6.10 Å². The second-order valence-electron chi connectivity index (χ2n) is 8.03. The van der Waals surface area contributed by atoms with Crippen LogP contribution in [0.25, 0.3) is 11.1 Å². The van der Waals surface area contributed by atoms with Crippen LogP contribution in [0, 0.1) is 0 Å². The van der Waals surface area contributed by atoms with Crippen LogP contribution in [0.2, 0.25) is 0 Å². The molecular weight excluding hydrogens is 430 g/mol. The van der Waals surface area contributed by atoms with Crippen LogP contribution in [0.4, 0.5) is 0 Å². The van der Waals surface area contributed by atoms with Crippen molar-refractivity contribution in [3.05, 3.63) is 95.6 Å². The number of carbonyl (C=O) groups excluding carboxylic acids is 2. The molecule has 0 radical (unpaired) electrons. The van der Waals surface area contributed by atoms with Crippen LogP contribution in [-0.2, 0) is 9.59 Å². The first-order chi connectivity index (χ1) is 16.5. The van der Waals surface area contributed by atoms with Crippen LogP contribution >= 0.6 is 0 Å². The number of imide groups is 1. The maximum atomic E-state index is 13.3. The summed E-state index contributed by atoms with van der Waals surface area (Å²) in [5.74, 6) is 0.466. The van der Waals surface area contributed by atoms with Gasteiger partial charge in [0.15, 0.2) is 11.5 Å². The van der Waals surface area contributed by atoms with Crippen molar-refractivity contribution in [1.29, 1.82) is 0 Å². The minimum absolute atomic E-state index is 0.235. The molecule has 3 aromatic carbocycles. The summed E-state index contributed by atoms with van der Waals surface area (Å²) in [6.45, 7) is 2.21. The Morgan fingerprint density at radius 1 is 0.824 bits per heavy atom. The van der Waals surface area contributed by atoms with Crippen molar-refractivity contribution in [1.82, 2.24) is 4.90 Å². The normalized spacial score (nSPS) is 14.5. The summed E-state index contributed by atoms with van der Waals surface area (Å²) < 4.78 is 11.2. The molecule has 4 rings (SSSR count). The third-order valence-corrected chi connectivity index (χ3v) is 5.75. The van der Waals surface area contributed by atoms with Gasteiger partial charge < -0.3 is 14.6 Å². The average Bonchev–Trinajstić information content (AvgIpc) is 3.12. The summed E-state index contributed by atoms with van der Waals surface area (Å²) in [5, 5.41) is 9.76. The molecule has 0 aliphatic carbocycles. The van der Waals surface area contributed by atoms with Crippen LogP contribution in [-0.4, -0.2) is 42.1 Å². The topological polar surface area (TPSA) is 76.1 Å². The fourth-order valence-electron chi connectivity index (χ4n) is 3.99. The highest BCUT2D eigenvalue weighted by Crippen LogP contribution is 2.36. The van der Waals surface area contributed by atoms with E-state index >= 15 is 0 Å². The largest absolute Gasteiger partial charge is 0.493 e. The number of amides is 2. The number of ether oxygens (including phenoxy) is 2. The van der Waals surface area contributed by atoms with E-state index in [1.54, 1.807) is 25.1 Å². The van der Waals surface area contributed by atoms with Gasteiger partial charge >= 0.3 is 0 Å². The molecule has 6 nitrogen and oxygen atoms in total. The van der Waals surface area contributed by atoms with Gasteiger partial charge in [-0.1, -0.05) is 66.7 Å². The molecule has 174 valence electrons. The zero-order valence-electron chi connectivity index (χ0n) is 19.2. The number of rotatable bonds is 9. The van der Waals surface area contributed by atoms with Crippen LogP contribution in [0.1, 0.15) is 36.1 Å². The molecule has 0 spiro atoms. The van der Waals surface area contributed by atoms with Crippen molar-refractivity contribution in [3.8, 4) is 11.5 Å². The molecular formula is C28H27NO5. The molecule has 34 heavy (non-hydrogen) atoms. The van der Waals surface area contributed by atoms with E-state index in [0.717, 1.165) is 16.7 Å². The number of carbonyl (C=O) groups is 2. The SMILES string of the molecule is COc1cc(C(C)O)ccc1OCCCN1C(=O)C(c2ccccc2)=C(c2ccccc2)C1=O. The standard InChI is InChI=1S/C28H27NO5/c1-19(30)22-14-15-23(24(18-22)33-2)34-17-9-16-29-27(31)25(20-10-5-3-6-11-20)26(28(29)32)21-12-7-4-8-13-21/h3-8,10-15,18-19,30H,9,16-17H2,1-2H3. The van der Waals surface area contributed by atoms with E-state index in [0.29, 0.717) is 35.7 Å². The summed E-state index contributed by atoms with van der Waals surface area (Å²) >= 11 is 0. The Bertz CT molecular complexity index is 1140. The third-order valence-electron chi connectivity index (χ3n) is 5.75. The maximum Gasteiger partial charge on any atom is 0.262 e. The number of benzene rings is 3. The lowest BCUT2D eigenvalue weighted by Crippen LogP contribution is -2.33. The second kappa shape index (κ2) is 10.4. The van der Waals surface area contributed by atoms with Gasteiger partial charge in [-0.15, -0.1) is 0 Å². The highest BCUT2D eigenvalue weighted by Gasteiger charge is 2.39. The molecule has 0 bridgehead atoms. The quantitative estimate of drug-likeness (QED) is 0.378. The zero-order chi connectivity index (χ0) is 24.1. The van der Waals surface area contributed by atoms with Gasteiger partial charge in [0.05, 0.1) is 31.0 Å². The Morgan fingerprint density at radius 3 is 1.88 bits per heavy atom. The molecule has 1 unspecified atom stereocenters. The molecule has 1 aliphatic heterocycles. The van der Waals surface area contributed by atoms with Crippen molar-refractivity contribution in [2.45, 2.75) is 19.4 Å². The Labute approximate surface area is 199 Å². The number of nitrogens with zero attached hydrogens (tertiary/aromatic N) is 1. The molecule has 1 N–H and O–H groups in total. The van der Waals surface area contributed by atoms with Crippen molar-refractivity contribution in [3.63, 3.8) is 0 Å². The monoisotopic (exact) mass is 457 g/mol. The van der Waals surface area contributed by atoms with E-state index in [1.807, 2.05) is 60.7 Å². The van der Waals surface area contributed by atoms with Gasteiger partial charge in [0.25, 0.3) is 11.8 Å². The molecule has 0 saturated carbocycles. The average molecular weight is 458 g/mol. The van der Waals surface area contributed by atoms with Gasteiger partial charge in [0.1, 0.15) is 0 Å². The summed E-state index contributed by atoms with van der Waals surface area (Å²) in [4.78, 5) is 28.0. The maximum absolute atomic E-state index is 13.3. The number of hydrogen-bond acceptors (Lipinski definition) is 5. The van der Waals surface area contributed by atoms with E-state index in [1.165, 1.54) is 12.0 Å². The fourth-order valence-corrected chi connectivity index (χ4v) is 3.99. The van der Waals surface area contributed by atoms with E-state index in [4.69, 9.17) is 9.47 Å². The molecule has 2 amide bonds. The van der Waals surface area contributed by atoms with Crippen LogP contribution in [0.5, 0.6) is 11.5 Å². The summed E-state index contributed by atoms with van der Waals surface area (Å²) in [7, 11) is 1.54. The zero-order valence-corrected chi connectivity index (χ0v) is 19.2. The Hall–Kier alpha value is -3.90. The first-order valence-electron chi connectivity index (χ1n) is 11.2. The highest BCUT2D eigenvalue weighted by atomic mass is 16.5. The second-order valence-corrected chi connectivity index (χ2v) is 8.03. The van der Waals surface area contributed by atoms with Crippen molar-refractivity contribution >= 4 is 23.0 Å². The number of methoxy groups -OCH3 is 1. The molecule has 0 aromatic heterocycles. The van der Waals surface area contributed by atoms with E-state index in [9.17, 15) is 14.7 Å². The first-order valence-corrected chi connectivity index (χ1v) is 11.2. The molecule has 1 heterocycles. The van der Waals surface area contributed by atoms with Crippen LogP contribution < -0.4 is 9.47 Å². The van der Waals surface area contributed by atoms with Crippen LogP contribution in [0.3, 0.4) is 0 Å². The number of hydrogen-bond donors (Lipinski definition) is 1. The first kappa shape index (κ1) is 23.3. The fraction of sp³-hybridized carbons (Fsp3) is 0.214. The number of aliphatic hydroxyl groups excluding tert-OH is 1. The van der Waals surface area contributed by atoms with Gasteiger partial charge in [-0.3, -0.25) is 14.5 Å². The van der Waals surface area contributed by atoms with Gasteiger partial charge in [-0.2, -0.15) is 0 Å². The summed E-state index contributed by atoms with van der Waals surface area (Å²) in [5.41, 5.74) is 3.02. The van der Waals surface area contributed by atoms with Gasteiger partial charge in [-0.05, 0) is 42.2 Å². The van der Waals surface area contributed by atoms with Gasteiger partial charge in [0.2, 0.25) is 0 Å². The molecule has 0 saturated heterocycles. The van der Waals surface area contributed by atoms with Crippen molar-refractivity contribution < 1.29 is 24.2 Å².